The van der Waals surface area contributed by atoms with E-state index in [1.807, 2.05) is 0 Å². The molecule has 1 heterocycles. The van der Waals surface area contributed by atoms with Crippen LogP contribution in [0, 0.1) is 0 Å². The van der Waals surface area contributed by atoms with Gasteiger partial charge in [0, 0.05) is 19.1 Å². The van der Waals surface area contributed by atoms with E-state index in [1.54, 1.807) is 0 Å². The van der Waals surface area contributed by atoms with E-state index in [-0.39, 0.29) is 5.54 Å². The number of hydrogen-bond donors (Lipinski definition) is 0. The van der Waals surface area contributed by atoms with Crippen LogP contribution < -0.4 is 4.90 Å². The van der Waals surface area contributed by atoms with Crippen molar-refractivity contribution in [3.63, 3.8) is 0 Å². The van der Waals surface area contributed by atoms with Crippen LogP contribution in [0.2, 0.25) is 0 Å². The van der Waals surface area contributed by atoms with Crippen molar-refractivity contribution in [2.75, 3.05) is 32.6 Å². The highest BCUT2D eigenvalue weighted by Crippen LogP contribution is 2.38. The predicted molar refractivity (Wildman–Crippen MR) is 89.7 cm³/mol. The van der Waals surface area contributed by atoms with Crippen LogP contribution in [0.25, 0.3) is 0 Å². The molecule has 1 aliphatic rings. The quantitative estimate of drug-likeness (QED) is 0.723. The van der Waals surface area contributed by atoms with Gasteiger partial charge in [-0.1, -0.05) is 25.2 Å². The smallest absolute Gasteiger partial charge is 0.186 e. The van der Waals surface area contributed by atoms with Gasteiger partial charge in [-0.25, -0.2) is 4.98 Å². The Labute approximate surface area is 132 Å². The second kappa shape index (κ2) is 6.44. The zero-order valence-electron chi connectivity index (χ0n) is 13.8. The Hall–Kier alpha value is -0.940. The number of rotatable bonds is 7. The summed E-state index contributed by atoms with van der Waals surface area (Å²) in [6, 6.07) is 0. The van der Waals surface area contributed by atoms with E-state index in [0.29, 0.717) is 5.92 Å². The van der Waals surface area contributed by atoms with Gasteiger partial charge in [-0.2, -0.15) is 0 Å². The molecule has 1 atom stereocenters. The van der Waals surface area contributed by atoms with Crippen LogP contribution in [0.1, 0.15) is 60.8 Å². The summed E-state index contributed by atoms with van der Waals surface area (Å²) in [6.45, 7) is 5.25. The maximum absolute atomic E-state index is 11.3. The van der Waals surface area contributed by atoms with Crippen molar-refractivity contribution in [2.24, 2.45) is 0 Å². The molecule has 1 fully saturated rings. The van der Waals surface area contributed by atoms with Crippen LogP contribution in [-0.2, 0) is 0 Å². The summed E-state index contributed by atoms with van der Waals surface area (Å²) in [5.74, 6) is 0.343. The number of nitrogens with zero attached hydrogens (tertiary/aromatic N) is 3. The van der Waals surface area contributed by atoms with Crippen molar-refractivity contribution in [3.8, 4) is 0 Å². The molecule has 1 saturated carbocycles. The zero-order valence-corrected chi connectivity index (χ0v) is 14.7. The second-order valence-electron chi connectivity index (χ2n) is 6.50. The maximum atomic E-state index is 11.3. The summed E-state index contributed by atoms with van der Waals surface area (Å²) in [7, 11) is 6.42. The Morgan fingerprint density at radius 1 is 1.38 bits per heavy atom. The van der Waals surface area contributed by atoms with Crippen LogP contribution in [0.3, 0.4) is 0 Å². The average molecular weight is 309 g/mol. The topological polar surface area (TPSA) is 36.4 Å². The van der Waals surface area contributed by atoms with Gasteiger partial charge in [-0.3, -0.25) is 4.79 Å². The van der Waals surface area contributed by atoms with Gasteiger partial charge in [0.15, 0.2) is 11.4 Å². The van der Waals surface area contributed by atoms with Gasteiger partial charge < -0.3 is 9.80 Å². The summed E-state index contributed by atoms with van der Waals surface area (Å²) >= 11 is 1.53. The number of thiazole rings is 1. The van der Waals surface area contributed by atoms with E-state index < -0.39 is 0 Å². The summed E-state index contributed by atoms with van der Waals surface area (Å²) in [5, 5.41) is 0.973. The lowest BCUT2D eigenvalue weighted by molar-refractivity contribution is 0.0683. The molecule has 1 aromatic heterocycles. The number of hydrogen-bond acceptors (Lipinski definition) is 5. The molecule has 0 aromatic carbocycles. The Balaban J connectivity index is 2.17. The highest BCUT2D eigenvalue weighted by atomic mass is 32.1. The molecule has 0 spiro atoms. The van der Waals surface area contributed by atoms with Gasteiger partial charge in [-0.15, -0.1) is 0 Å². The summed E-state index contributed by atoms with van der Waals surface area (Å²) in [4.78, 5) is 21.4. The number of anilines is 1. The van der Waals surface area contributed by atoms with Crippen molar-refractivity contribution in [1.29, 1.82) is 0 Å². The molecule has 5 heteroatoms. The molecule has 0 saturated heterocycles. The van der Waals surface area contributed by atoms with Crippen molar-refractivity contribution in [1.82, 2.24) is 9.88 Å². The fourth-order valence-corrected chi connectivity index (χ4v) is 3.93. The molecular formula is C16H27N3OS. The van der Waals surface area contributed by atoms with Gasteiger partial charge in [0.2, 0.25) is 0 Å². The SMILES string of the molecule is CCC(C)c1nc(N(C)CC2(N(C)C)CCC2)sc1C=O. The summed E-state index contributed by atoms with van der Waals surface area (Å²) in [6.07, 6.45) is 5.77. The zero-order chi connectivity index (χ0) is 15.6. The lowest BCUT2D eigenvalue weighted by Gasteiger charge is -2.49. The molecule has 2 rings (SSSR count). The van der Waals surface area contributed by atoms with Crippen molar-refractivity contribution >= 4 is 22.8 Å². The molecule has 0 N–H and O–H groups in total. The molecule has 0 radical (unpaired) electrons. The lowest BCUT2D eigenvalue weighted by atomic mass is 9.75. The van der Waals surface area contributed by atoms with E-state index in [4.69, 9.17) is 4.98 Å². The minimum atomic E-state index is 0.276. The van der Waals surface area contributed by atoms with Crippen molar-refractivity contribution < 1.29 is 4.79 Å². The average Bonchev–Trinajstić information content (AvgIpc) is 2.85. The van der Waals surface area contributed by atoms with Gasteiger partial charge in [0.1, 0.15) is 0 Å². The van der Waals surface area contributed by atoms with Gasteiger partial charge >= 0.3 is 0 Å². The Kier molecular flexibility index (Phi) is 5.04. The third-order valence-corrected chi connectivity index (χ3v) is 6.06. The van der Waals surface area contributed by atoms with Crippen molar-refractivity contribution in [2.45, 2.75) is 51.0 Å². The first kappa shape index (κ1) is 16.4. The molecule has 1 aliphatic carbocycles. The van der Waals surface area contributed by atoms with Gasteiger partial charge in [0.05, 0.1) is 10.6 Å². The van der Waals surface area contributed by atoms with E-state index in [1.165, 1.54) is 30.6 Å². The van der Waals surface area contributed by atoms with Crippen LogP contribution in [0.5, 0.6) is 0 Å². The summed E-state index contributed by atoms with van der Waals surface area (Å²) in [5.41, 5.74) is 1.24. The molecule has 4 nitrogen and oxygen atoms in total. The monoisotopic (exact) mass is 309 g/mol. The highest BCUT2D eigenvalue weighted by molar-refractivity contribution is 7.17. The molecule has 0 bridgehead atoms. The fraction of sp³-hybridized carbons (Fsp3) is 0.750. The third-order valence-electron chi connectivity index (χ3n) is 4.95. The first-order chi connectivity index (χ1) is 9.93. The number of likely N-dealkylation sites (N-methyl/N-ethyl adjacent to an activating group) is 2. The van der Waals surface area contributed by atoms with Gasteiger partial charge in [-0.05, 0) is 45.7 Å². The predicted octanol–water partition coefficient (Wildman–Crippen LogP) is 3.39. The second-order valence-corrected chi connectivity index (χ2v) is 7.51. The molecule has 1 aromatic rings. The van der Waals surface area contributed by atoms with E-state index in [2.05, 4.69) is 44.8 Å². The first-order valence-electron chi connectivity index (χ1n) is 7.78. The van der Waals surface area contributed by atoms with Crippen LogP contribution in [0.15, 0.2) is 0 Å². The van der Waals surface area contributed by atoms with E-state index in [9.17, 15) is 4.79 Å². The van der Waals surface area contributed by atoms with Crippen molar-refractivity contribution in [3.05, 3.63) is 10.6 Å². The maximum Gasteiger partial charge on any atom is 0.186 e. The number of aldehydes is 1. The molecule has 21 heavy (non-hydrogen) atoms. The molecule has 0 aliphatic heterocycles. The Morgan fingerprint density at radius 2 is 2.05 bits per heavy atom. The molecule has 0 amide bonds. The van der Waals surface area contributed by atoms with Crippen LogP contribution >= 0.6 is 11.3 Å². The molecule has 1 unspecified atom stereocenters. The minimum absolute atomic E-state index is 0.276. The largest absolute Gasteiger partial charge is 0.349 e. The van der Waals surface area contributed by atoms with E-state index in [0.717, 1.165) is 35.0 Å². The van der Waals surface area contributed by atoms with Gasteiger partial charge in [0.25, 0.3) is 0 Å². The number of carbonyl (C=O) groups excluding carboxylic acids is 1. The normalized spacial score (nSPS) is 18.4. The Bertz CT molecular complexity index is 494. The van der Waals surface area contributed by atoms with E-state index >= 15 is 0 Å². The summed E-state index contributed by atoms with van der Waals surface area (Å²) < 4.78 is 0. The number of aromatic nitrogens is 1. The lowest BCUT2D eigenvalue weighted by Crippen LogP contribution is -2.56. The molecule has 118 valence electrons. The Morgan fingerprint density at radius 3 is 2.48 bits per heavy atom. The van der Waals surface area contributed by atoms with Crippen LogP contribution in [-0.4, -0.2) is 49.4 Å². The van der Waals surface area contributed by atoms with Crippen LogP contribution in [0.4, 0.5) is 5.13 Å². The standard InChI is InChI=1S/C16H27N3OS/c1-6-12(2)14-13(10-20)21-15(17-14)19(5)11-16(18(3)4)8-7-9-16/h10,12H,6-9,11H2,1-5H3. The fourth-order valence-electron chi connectivity index (χ4n) is 2.97. The first-order valence-corrected chi connectivity index (χ1v) is 8.59. The highest BCUT2D eigenvalue weighted by Gasteiger charge is 2.40. The molecular weight excluding hydrogens is 282 g/mol. The number of carbonyl (C=O) groups is 1. The third kappa shape index (κ3) is 3.14. The minimum Gasteiger partial charge on any atom is -0.349 e.